The molecule has 0 aromatic carbocycles. The number of rotatable bonds is 2. The van der Waals surface area contributed by atoms with E-state index in [1.807, 2.05) is 4.68 Å². The third kappa shape index (κ3) is 2.18. The first-order valence-electron chi connectivity index (χ1n) is 6.79. The lowest BCUT2D eigenvalue weighted by Crippen LogP contribution is -2.38. The van der Waals surface area contributed by atoms with Gasteiger partial charge in [0.15, 0.2) is 5.82 Å². The molecule has 1 aromatic heterocycles. The summed E-state index contributed by atoms with van der Waals surface area (Å²) in [5.41, 5.74) is 0.288. The summed E-state index contributed by atoms with van der Waals surface area (Å²) in [7, 11) is 1.36. The van der Waals surface area contributed by atoms with Gasteiger partial charge in [0.2, 0.25) is 5.69 Å². The van der Waals surface area contributed by atoms with E-state index in [9.17, 15) is 4.79 Å². The van der Waals surface area contributed by atoms with Crippen molar-refractivity contribution in [3.8, 4) is 0 Å². The van der Waals surface area contributed by atoms with Gasteiger partial charge in [-0.3, -0.25) is 0 Å². The molecule has 0 amide bonds. The first kappa shape index (κ1) is 12.4. The number of piperidine rings is 1. The van der Waals surface area contributed by atoms with Crippen molar-refractivity contribution in [1.29, 1.82) is 0 Å². The van der Waals surface area contributed by atoms with E-state index in [0.717, 1.165) is 26.1 Å². The van der Waals surface area contributed by atoms with Gasteiger partial charge in [-0.25, -0.2) is 9.48 Å². The Hall–Kier alpha value is -1.63. The number of nitrogens with zero attached hydrogens (tertiary/aromatic N) is 3. The summed E-state index contributed by atoms with van der Waals surface area (Å²) in [6.07, 6.45) is 3.41. The molecule has 2 N–H and O–H groups in total. The quantitative estimate of drug-likeness (QED) is 0.754. The molecule has 104 valence electrons. The molecular weight excluding hydrogens is 246 g/mol. The average molecular weight is 265 g/mol. The van der Waals surface area contributed by atoms with E-state index < -0.39 is 5.97 Å². The van der Waals surface area contributed by atoms with E-state index in [4.69, 9.17) is 4.74 Å². The highest BCUT2D eigenvalue weighted by molar-refractivity contribution is 5.92. The van der Waals surface area contributed by atoms with Crippen LogP contribution >= 0.6 is 0 Å². The lowest BCUT2D eigenvalue weighted by atomic mass is 9.89. The van der Waals surface area contributed by atoms with Crippen LogP contribution in [0.2, 0.25) is 0 Å². The molecule has 0 radical (unpaired) electrons. The van der Waals surface area contributed by atoms with Gasteiger partial charge in [-0.05, 0) is 38.3 Å². The Morgan fingerprint density at radius 1 is 1.42 bits per heavy atom. The number of esters is 1. The summed E-state index contributed by atoms with van der Waals surface area (Å²) in [5.74, 6) is 0.826. The molecule has 2 unspecified atom stereocenters. The topological polar surface area (TPSA) is 81.1 Å². The van der Waals surface area contributed by atoms with Gasteiger partial charge in [0, 0.05) is 6.54 Å². The second-order valence-electron chi connectivity index (χ2n) is 5.11. The molecule has 1 fully saturated rings. The number of anilines is 1. The van der Waals surface area contributed by atoms with E-state index in [0.29, 0.717) is 17.8 Å². The number of aromatic nitrogens is 3. The molecule has 3 rings (SSSR count). The zero-order chi connectivity index (χ0) is 13.2. The summed E-state index contributed by atoms with van der Waals surface area (Å²) in [4.78, 5) is 11.6. The predicted octanol–water partition coefficient (Wildman–Crippen LogP) is 0.421. The summed E-state index contributed by atoms with van der Waals surface area (Å²) < 4.78 is 6.60. The van der Waals surface area contributed by atoms with Crippen molar-refractivity contribution < 1.29 is 9.53 Å². The predicted molar refractivity (Wildman–Crippen MR) is 69.1 cm³/mol. The second kappa shape index (κ2) is 5.16. The fraction of sp³-hybridized carbons (Fsp3) is 0.750. The van der Waals surface area contributed by atoms with Gasteiger partial charge >= 0.3 is 5.97 Å². The fourth-order valence-corrected chi connectivity index (χ4v) is 3.03. The Labute approximate surface area is 111 Å². The van der Waals surface area contributed by atoms with Crippen LogP contribution in [0.4, 0.5) is 5.82 Å². The Morgan fingerprint density at radius 3 is 3.05 bits per heavy atom. The van der Waals surface area contributed by atoms with Gasteiger partial charge in [-0.15, -0.1) is 5.10 Å². The first-order chi connectivity index (χ1) is 9.31. The smallest absolute Gasteiger partial charge is 0.362 e. The van der Waals surface area contributed by atoms with Gasteiger partial charge in [0.1, 0.15) is 0 Å². The third-order valence-electron chi connectivity index (χ3n) is 4.00. The molecule has 0 saturated carbocycles. The number of nitrogens with one attached hydrogen (secondary N) is 2. The van der Waals surface area contributed by atoms with E-state index in [2.05, 4.69) is 20.9 Å². The van der Waals surface area contributed by atoms with E-state index in [1.54, 1.807) is 0 Å². The Balaban J connectivity index is 1.88. The van der Waals surface area contributed by atoms with Crippen molar-refractivity contribution in [3.63, 3.8) is 0 Å². The second-order valence-corrected chi connectivity index (χ2v) is 5.11. The van der Waals surface area contributed by atoms with E-state index in [-0.39, 0.29) is 5.69 Å². The molecule has 19 heavy (non-hydrogen) atoms. The molecule has 0 spiro atoms. The lowest BCUT2D eigenvalue weighted by molar-refractivity contribution is 0.0595. The number of fused-ring (bicyclic) bond motifs is 1. The van der Waals surface area contributed by atoms with Crippen LogP contribution in [0.1, 0.15) is 35.8 Å². The van der Waals surface area contributed by atoms with Crippen molar-refractivity contribution >= 4 is 11.8 Å². The minimum absolute atomic E-state index is 0.288. The van der Waals surface area contributed by atoms with Gasteiger partial charge in [0.05, 0.1) is 13.2 Å². The Morgan fingerprint density at radius 2 is 2.32 bits per heavy atom. The molecule has 1 aromatic rings. The SMILES string of the molecule is COC(=O)c1nnn2c1NCCC2C1CCCNC1. The van der Waals surface area contributed by atoms with Crippen LogP contribution in [-0.4, -0.2) is 47.7 Å². The highest BCUT2D eigenvalue weighted by Crippen LogP contribution is 2.33. The maximum absolute atomic E-state index is 11.6. The number of methoxy groups -OCH3 is 1. The molecule has 7 nitrogen and oxygen atoms in total. The normalized spacial score (nSPS) is 26.4. The number of ether oxygens (including phenoxy) is 1. The van der Waals surface area contributed by atoms with Gasteiger partial charge in [-0.1, -0.05) is 5.21 Å². The number of carbonyl (C=O) groups is 1. The van der Waals surface area contributed by atoms with Gasteiger partial charge in [0.25, 0.3) is 0 Å². The van der Waals surface area contributed by atoms with Crippen molar-refractivity contribution in [2.75, 3.05) is 32.1 Å². The molecule has 0 aliphatic carbocycles. The van der Waals surface area contributed by atoms with Crippen LogP contribution in [-0.2, 0) is 4.74 Å². The van der Waals surface area contributed by atoms with Crippen molar-refractivity contribution in [2.24, 2.45) is 5.92 Å². The Bertz CT molecular complexity index is 467. The molecular formula is C12H19N5O2. The average Bonchev–Trinajstić information content (AvgIpc) is 2.91. The summed E-state index contributed by atoms with van der Waals surface area (Å²) >= 11 is 0. The maximum atomic E-state index is 11.6. The minimum atomic E-state index is -0.434. The molecule has 3 heterocycles. The largest absolute Gasteiger partial charge is 0.464 e. The van der Waals surface area contributed by atoms with Crippen LogP contribution in [0.5, 0.6) is 0 Å². The highest BCUT2D eigenvalue weighted by Gasteiger charge is 2.33. The zero-order valence-electron chi connectivity index (χ0n) is 11.1. The number of hydrogen-bond donors (Lipinski definition) is 2. The van der Waals surface area contributed by atoms with Gasteiger partial charge in [-0.2, -0.15) is 0 Å². The minimum Gasteiger partial charge on any atom is -0.464 e. The molecule has 2 aliphatic heterocycles. The maximum Gasteiger partial charge on any atom is 0.362 e. The molecule has 7 heteroatoms. The molecule has 2 atom stereocenters. The van der Waals surface area contributed by atoms with Crippen LogP contribution in [0.25, 0.3) is 0 Å². The zero-order valence-corrected chi connectivity index (χ0v) is 11.1. The summed E-state index contributed by atoms with van der Waals surface area (Å²) in [6.45, 7) is 2.95. The Kier molecular flexibility index (Phi) is 3.37. The molecule has 0 bridgehead atoms. The summed E-state index contributed by atoms with van der Waals surface area (Å²) in [5, 5.41) is 14.8. The van der Waals surface area contributed by atoms with Gasteiger partial charge < -0.3 is 15.4 Å². The standard InChI is InChI=1S/C12H19N5O2/c1-19-12(18)10-11-14-6-4-9(17(11)16-15-10)8-3-2-5-13-7-8/h8-9,13-14H,2-7H2,1H3. The van der Waals surface area contributed by atoms with Crippen LogP contribution in [0.15, 0.2) is 0 Å². The molecule has 2 aliphatic rings. The molecule has 1 saturated heterocycles. The van der Waals surface area contributed by atoms with Crippen LogP contribution in [0.3, 0.4) is 0 Å². The van der Waals surface area contributed by atoms with Crippen molar-refractivity contribution in [2.45, 2.75) is 25.3 Å². The van der Waals surface area contributed by atoms with E-state index in [1.165, 1.54) is 20.0 Å². The number of hydrogen-bond acceptors (Lipinski definition) is 6. The monoisotopic (exact) mass is 265 g/mol. The third-order valence-corrected chi connectivity index (χ3v) is 4.00. The lowest BCUT2D eigenvalue weighted by Gasteiger charge is -2.34. The fourth-order valence-electron chi connectivity index (χ4n) is 3.03. The number of carbonyl (C=O) groups excluding carboxylic acids is 1. The van der Waals surface area contributed by atoms with Crippen LogP contribution < -0.4 is 10.6 Å². The highest BCUT2D eigenvalue weighted by atomic mass is 16.5. The first-order valence-corrected chi connectivity index (χ1v) is 6.79. The van der Waals surface area contributed by atoms with Crippen molar-refractivity contribution in [1.82, 2.24) is 20.3 Å². The van der Waals surface area contributed by atoms with Crippen LogP contribution in [0, 0.1) is 5.92 Å². The van der Waals surface area contributed by atoms with Crippen molar-refractivity contribution in [3.05, 3.63) is 5.69 Å². The summed E-state index contributed by atoms with van der Waals surface area (Å²) in [6, 6.07) is 0.315. The van der Waals surface area contributed by atoms with E-state index >= 15 is 0 Å².